The molecule has 0 spiro atoms. The summed E-state index contributed by atoms with van der Waals surface area (Å²) in [5.74, 6) is 0. The second kappa shape index (κ2) is 4.04. The molecule has 14 heavy (non-hydrogen) atoms. The van der Waals surface area contributed by atoms with Gasteiger partial charge in [0, 0.05) is 14.3 Å². The Kier molecular flexibility index (Phi) is 3.40. The topological polar surface area (TPSA) is 57.9 Å². The molecule has 74 valence electrons. The molecule has 1 aromatic carbocycles. The van der Waals surface area contributed by atoms with Gasteiger partial charge < -0.3 is 0 Å². The number of halogens is 2. The highest BCUT2D eigenvalue weighted by Crippen LogP contribution is 2.26. The predicted molar refractivity (Wildman–Crippen MR) is 61.6 cm³/mol. The fraction of sp³-hybridized carbons (Fsp3) is 0.125. The Morgan fingerprint density at radius 3 is 2.50 bits per heavy atom. The fourth-order valence-corrected chi connectivity index (χ4v) is 3.68. The standard InChI is InChI=1S/C8H5ClINO2S/c1-5-6(4-11)2-3-7(8(5)10)14(9,12)13/h2-3H,1H3. The average Bonchev–Trinajstić information content (AvgIpc) is 2.07. The van der Waals surface area contributed by atoms with E-state index in [2.05, 4.69) is 0 Å². The average molecular weight is 342 g/mol. The lowest BCUT2D eigenvalue weighted by molar-refractivity contribution is 0.609. The highest BCUT2D eigenvalue weighted by atomic mass is 127. The molecular formula is C8H5ClINO2S. The van der Waals surface area contributed by atoms with Crippen molar-refractivity contribution in [1.29, 1.82) is 5.26 Å². The Bertz CT molecular complexity index is 519. The first kappa shape index (κ1) is 11.8. The van der Waals surface area contributed by atoms with E-state index in [1.54, 1.807) is 6.92 Å². The summed E-state index contributed by atoms with van der Waals surface area (Å²) in [7, 11) is 1.49. The Hall–Kier alpha value is -0.320. The molecule has 0 radical (unpaired) electrons. The lowest BCUT2D eigenvalue weighted by Gasteiger charge is -2.04. The van der Waals surface area contributed by atoms with E-state index in [-0.39, 0.29) is 4.90 Å². The number of hydrogen-bond acceptors (Lipinski definition) is 3. The van der Waals surface area contributed by atoms with Gasteiger partial charge in [-0.2, -0.15) is 5.26 Å². The van der Waals surface area contributed by atoms with Crippen molar-refractivity contribution < 1.29 is 8.42 Å². The summed E-state index contributed by atoms with van der Waals surface area (Å²) in [4.78, 5) is 0.0521. The van der Waals surface area contributed by atoms with E-state index in [1.807, 2.05) is 28.7 Å². The Morgan fingerprint density at radius 2 is 2.07 bits per heavy atom. The third kappa shape index (κ3) is 2.19. The second-order valence-corrected chi connectivity index (χ2v) is 6.21. The lowest BCUT2D eigenvalue weighted by Crippen LogP contribution is -1.98. The van der Waals surface area contributed by atoms with Gasteiger partial charge in [0.2, 0.25) is 0 Å². The van der Waals surface area contributed by atoms with E-state index in [0.29, 0.717) is 14.7 Å². The van der Waals surface area contributed by atoms with Crippen LogP contribution >= 0.6 is 33.3 Å². The van der Waals surface area contributed by atoms with E-state index in [4.69, 9.17) is 15.9 Å². The molecule has 0 aromatic heterocycles. The maximum absolute atomic E-state index is 11.1. The summed E-state index contributed by atoms with van der Waals surface area (Å²) < 4.78 is 22.7. The lowest BCUT2D eigenvalue weighted by atomic mass is 10.1. The van der Waals surface area contributed by atoms with Crippen LogP contribution in [0.15, 0.2) is 17.0 Å². The molecule has 0 bridgehead atoms. The quantitative estimate of drug-likeness (QED) is 0.582. The number of hydrogen-bond donors (Lipinski definition) is 0. The van der Waals surface area contributed by atoms with E-state index in [1.165, 1.54) is 12.1 Å². The summed E-state index contributed by atoms with van der Waals surface area (Å²) in [5.41, 5.74) is 1.09. The summed E-state index contributed by atoms with van der Waals surface area (Å²) in [6.07, 6.45) is 0. The normalized spacial score (nSPS) is 11.0. The van der Waals surface area contributed by atoms with Crippen LogP contribution in [0, 0.1) is 21.8 Å². The number of benzene rings is 1. The maximum Gasteiger partial charge on any atom is 0.262 e. The molecule has 1 rings (SSSR count). The molecule has 0 aliphatic rings. The highest BCUT2D eigenvalue weighted by molar-refractivity contribution is 14.1. The van der Waals surface area contributed by atoms with Crippen molar-refractivity contribution in [2.24, 2.45) is 0 Å². The van der Waals surface area contributed by atoms with E-state index in [9.17, 15) is 8.42 Å². The zero-order chi connectivity index (χ0) is 10.9. The minimum absolute atomic E-state index is 0.0521. The van der Waals surface area contributed by atoms with Crippen molar-refractivity contribution in [3.05, 3.63) is 26.8 Å². The van der Waals surface area contributed by atoms with Gasteiger partial charge in [0.05, 0.1) is 16.5 Å². The van der Waals surface area contributed by atoms with Gasteiger partial charge in [0.25, 0.3) is 9.05 Å². The van der Waals surface area contributed by atoms with Gasteiger partial charge in [0.15, 0.2) is 0 Å². The van der Waals surface area contributed by atoms with Gasteiger partial charge in [-0.15, -0.1) is 0 Å². The Balaban J connectivity index is 3.57. The minimum atomic E-state index is -3.73. The van der Waals surface area contributed by atoms with E-state index in [0.717, 1.165) is 0 Å². The molecule has 0 saturated heterocycles. The SMILES string of the molecule is Cc1c(C#N)ccc(S(=O)(=O)Cl)c1I. The monoisotopic (exact) mass is 341 g/mol. The Morgan fingerprint density at radius 1 is 1.50 bits per heavy atom. The first-order valence-corrected chi connectivity index (χ1v) is 6.90. The van der Waals surface area contributed by atoms with E-state index < -0.39 is 9.05 Å². The van der Waals surface area contributed by atoms with Gasteiger partial charge in [-0.05, 0) is 47.2 Å². The summed E-state index contributed by atoms with van der Waals surface area (Å²) >= 11 is 1.86. The number of nitrogens with zero attached hydrogens (tertiary/aromatic N) is 1. The van der Waals surface area contributed by atoms with Crippen LogP contribution in [-0.2, 0) is 9.05 Å². The first-order valence-electron chi connectivity index (χ1n) is 3.52. The van der Waals surface area contributed by atoms with Crippen molar-refractivity contribution in [1.82, 2.24) is 0 Å². The van der Waals surface area contributed by atoms with Crippen molar-refractivity contribution in [3.63, 3.8) is 0 Å². The van der Waals surface area contributed by atoms with Crippen molar-refractivity contribution in [3.8, 4) is 6.07 Å². The van der Waals surface area contributed by atoms with Crippen LogP contribution in [0.4, 0.5) is 0 Å². The zero-order valence-corrected chi connectivity index (χ0v) is 10.8. The van der Waals surface area contributed by atoms with Gasteiger partial charge >= 0.3 is 0 Å². The van der Waals surface area contributed by atoms with Gasteiger partial charge in [-0.1, -0.05) is 0 Å². The molecule has 0 saturated carbocycles. The molecule has 0 aliphatic carbocycles. The van der Waals surface area contributed by atoms with E-state index >= 15 is 0 Å². The second-order valence-electron chi connectivity index (χ2n) is 2.60. The van der Waals surface area contributed by atoms with Crippen LogP contribution in [-0.4, -0.2) is 8.42 Å². The summed E-state index contributed by atoms with van der Waals surface area (Å²) in [6, 6.07) is 4.77. The molecule has 0 N–H and O–H groups in total. The van der Waals surface area contributed by atoms with Gasteiger partial charge in [0.1, 0.15) is 0 Å². The fourth-order valence-electron chi connectivity index (χ4n) is 0.970. The molecule has 0 aliphatic heterocycles. The molecule has 0 fully saturated rings. The summed E-state index contributed by atoms with van der Waals surface area (Å²) in [6.45, 7) is 1.69. The summed E-state index contributed by atoms with van der Waals surface area (Å²) in [5, 5.41) is 8.70. The van der Waals surface area contributed by atoms with Crippen molar-refractivity contribution >= 4 is 42.3 Å². The highest BCUT2D eigenvalue weighted by Gasteiger charge is 2.17. The molecule has 0 unspecified atom stereocenters. The van der Waals surface area contributed by atoms with Crippen LogP contribution in [0.5, 0.6) is 0 Å². The maximum atomic E-state index is 11.1. The molecular weight excluding hydrogens is 337 g/mol. The molecule has 0 amide bonds. The number of nitriles is 1. The van der Waals surface area contributed by atoms with Crippen LogP contribution in [0.25, 0.3) is 0 Å². The Labute approximate surface area is 100 Å². The van der Waals surface area contributed by atoms with Crippen molar-refractivity contribution in [2.75, 3.05) is 0 Å². The largest absolute Gasteiger partial charge is 0.262 e. The first-order chi connectivity index (χ1) is 6.38. The van der Waals surface area contributed by atoms with Gasteiger partial charge in [-0.25, -0.2) is 8.42 Å². The van der Waals surface area contributed by atoms with Crippen LogP contribution in [0.2, 0.25) is 0 Å². The molecule has 1 aromatic rings. The molecule has 0 heterocycles. The predicted octanol–water partition coefficient (Wildman–Crippen LogP) is 2.40. The molecule has 3 nitrogen and oxygen atoms in total. The van der Waals surface area contributed by atoms with Crippen molar-refractivity contribution in [2.45, 2.75) is 11.8 Å². The minimum Gasteiger partial charge on any atom is -0.207 e. The van der Waals surface area contributed by atoms with Crippen LogP contribution in [0.1, 0.15) is 11.1 Å². The van der Waals surface area contributed by atoms with Crippen LogP contribution < -0.4 is 0 Å². The third-order valence-electron chi connectivity index (χ3n) is 1.73. The number of rotatable bonds is 1. The molecule has 0 atom stereocenters. The van der Waals surface area contributed by atoms with Gasteiger partial charge in [-0.3, -0.25) is 0 Å². The third-order valence-corrected chi connectivity index (χ3v) is 4.85. The molecule has 6 heteroatoms. The van der Waals surface area contributed by atoms with Crippen LogP contribution in [0.3, 0.4) is 0 Å². The zero-order valence-electron chi connectivity index (χ0n) is 7.08. The smallest absolute Gasteiger partial charge is 0.207 e.